The van der Waals surface area contributed by atoms with Crippen LogP contribution in [0.25, 0.3) is 11.3 Å². The highest BCUT2D eigenvalue weighted by Crippen LogP contribution is 2.26. The van der Waals surface area contributed by atoms with Crippen LogP contribution >= 0.6 is 0 Å². The van der Waals surface area contributed by atoms with Crippen molar-refractivity contribution in [3.8, 4) is 17.1 Å². The normalized spacial score (nSPS) is 11.4. The van der Waals surface area contributed by atoms with E-state index in [1.807, 2.05) is 0 Å². The van der Waals surface area contributed by atoms with Gasteiger partial charge in [-0.25, -0.2) is 4.68 Å². The topological polar surface area (TPSA) is 66.2 Å². The lowest BCUT2D eigenvalue weighted by molar-refractivity contribution is -0.143. The lowest BCUT2D eigenvalue weighted by atomic mass is 10.2. The van der Waals surface area contributed by atoms with Crippen LogP contribution in [0.5, 0.6) is 5.88 Å². The summed E-state index contributed by atoms with van der Waals surface area (Å²) in [6.07, 6.45) is -0.899. The molecule has 2 aromatic rings. The van der Waals surface area contributed by atoms with Gasteiger partial charge in [-0.1, -0.05) is 0 Å². The van der Waals surface area contributed by atoms with Gasteiger partial charge in [-0.05, 0) is 25.5 Å². The molecular formula is C16H18F3N3O3. The monoisotopic (exact) mass is 357 g/mol. The van der Waals surface area contributed by atoms with Gasteiger partial charge in [0.1, 0.15) is 6.54 Å². The van der Waals surface area contributed by atoms with Crippen LogP contribution in [-0.2, 0) is 16.1 Å². The fourth-order valence-corrected chi connectivity index (χ4v) is 2.08. The second kappa shape index (κ2) is 8.50. The summed E-state index contributed by atoms with van der Waals surface area (Å²) < 4.78 is 49.1. The van der Waals surface area contributed by atoms with Crippen LogP contribution in [0.1, 0.15) is 19.8 Å². The van der Waals surface area contributed by atoms with E-state index in [1.54, 1.807) is 25.3 Å². The Morgan fingerprint density at radius 3 is 2.80 bits per heavy atom. The van der Waals surface area contributed by atoms with E-state index in [0.717, 1.165) is 4.68 Å². The maximum absolute atomic E-state index is 12.7. The van der Waals surface area contributed by atoms with Crippen molar-refractivity contribution >= 4 is 5.97 Å². The Balaban J connectivity index is 2.06. The number of hydrogen-bond donors (Lipinski definition) is 0. The van der Waals surface area contributed by atoms with Gasteiger partial charge in [0.15, 0.2) is 0 Å². The summed E-state index contributed by atoms with van der Waals surface area (Å²) in [6.45, 7) is 0.798. The molecule has 0 aliphatic heterocycles. The molecule has 0 radical (unpaired) electrons. The van der Waals surface area contributed by atoms with E-state index in [4.69, 9.17) is 9.47 Å². The molecule has 6 nitrogen and oxygen atoms in total. The van der Waals surface area contributed by atoms with Crippen LogP contribution in [-0.4, -0.2) is 40.1 Å². The van der Waals surface area contributed by atoms with Crippen molar-refractivity contribution in [1.29, 1.82) is 0 Å². The number of ether oxygens (including phenoxy) is 2. The molecule has 2 rings (SSSR count). The van der Waals surface area contributed by atoms with Crippen molar-refractivity contribution in [1.82, 2.24) is 14.8 Å². The predicted molar refractivity (Wildman–Crippen MR) is 82.9 cm³/mol. The zero-order chi connectivity index (χ0) is 18.3. The molecule has 136 valence electrons. The third kappa shape index (κ3) is 6.09. The Kier molecular flexibility index (Phi) is 6.37. The second-order valence-electron chi connectivity index (χ2n) is 5.14. The quantitative estimate of drug-likeness (QED) is 0.536. The molecule has 2 heterocycles. The highest BCUT2D eigenvalue weighted by Gasteiger charge is 2.30. The lowest BCUT2D eigenvalue weighted by Gasteiger charge is -2.11. The van der Waals surface area contributed by atoms with Crippen molar-refractivity contribution in [3.63, 3.8) is 0 Å². The van der Waals surface area contributed by atoms with Crippen LogP contribution in [0, 0.1) is 0 Å². The van der Waals surface area contributed by atoms with Gasteiger partial charge < -0.3 is 9.47 Å². The van der Waals surface area contributed by atoms with Crippen LogP contribution in [0.15, 0.2) is 30.6 Å². The molecule has 0 aromatic carbocycles. The van der Waals surface area contributed by atoms with Gasteiger partial charge in [-0.3, -0.25) is 9.78 Å². The molecule has 0 unspecified atom stereocenters. The summed E-state index contributed by atoms with van der Waals surface area (Å²) in [4.78, 5) is 15.2. The fraction of sp³-hybridized carbons (Fsp3) is 0.438. The first kappa shape index (κ1) is 18.8. The van der Waals surface area contributed by atoms with Gasteiger partial charge in [0.05, 0.1) is 18.9 Å². The minimum Gasteiger partial charge on any atom is -0.478 e. The number of nitrogens with zero attached hydrogens (tertiary/aromatic N) is 3. The minimum atomic E-state index is -4.43. The summed E-state index contributed by atoms with van der Waals surface area (Å²) >= 11 is 0. The largest absolute Gasteiger partial charge is 0.478 e. The first-order valence-electron chi connectivity index (χ1n) is 7.72. The molecule has 0 aliphatic carbocycles. The molecule has 25 heavy (non-hydrogen) atoms. The molecule has 0 spiro atoms. The molecule has 0 atom stereocenters. The summed E-state index contributed by atoms with van der Waals surface area (Å²) in [5.41, 5.74) is 0.914. The number of pyridine rings is 1. The number of halogens is 3. The molecule has 9 heteroatoms. The second-order valence-corrected chi connectivity index (χ2v) is 5.14. The number of aromatic nitrogens is 3. The number of esters is 1. The molecule has 0 saturated heterocycles. The van der Waals surface area contributed by atoms with E-state index in [2.05, 4.69) is 10.1 Å². The molecule has 0 amide bonds. The average Bonchev–Trinajstić information content (AvgIpc) is 2.94. The van der Waals surface area contributed by atoms with E-state index in [0.29, 0.717) is 17.7 Å². The van der Waals surface area contributed by atoms with E-state index in [-0.39, 0.29) is 31.5 Å². The first-order valence-corrected chi connectivity index (χ1v) is 7.72. The number of carbonyl (C=O) groups excluding carboxylic acids is 1. The van der Waals surface area contributed by atoms with Crippen molar-refractivity contribution in [2.24, 2.45) is 0 Å². The van der Waals surface area contributed by atoms with Gasteiger partial charge in [0.2, 0.25) is 5.88 Å². The highest BCUT2D eigenvalue weighted by molar-refractivity contribution is 5.69. The minimum absolute atomic E-state index is 0.0139. The number of carbonyl (C=O) groups is 1. The third-order valence-corrected chi connectivity index (χ3v) is 3.11. The zero-order valence-electron chi connectivity index (χ0n) is 13.6. The Morgan fingerprint density at radius 2 is 2.16 bits per heavy atom. The van der Waals surface area contributed by atoms with Crippen molar-refractivity contribution in [2.75, 3.05) is 13.2 Å². The molecule has 0 aliphatic rings. The summed E-state index contributed by atoms with van der Waals surface area (Å²) in [5.74, 6) is -0.383. The van der Waals surface area contributed by atoms with Gasteiger partial charge in [-0.15, -0.1) is 0 Å². The third-order valence-electron chi connectivity index (χ3n) is 3.11. The van der Waals surface area contributed by atoms with Gasteiger partial charge in [0, 0.05) is 30.4 Å². The van der Waals surface area contributed by atoms with Crippen LogP contribution in [0.4, 0.5) is 13.2 Å². The Hall–Kier alpha value is -2.58. The van der Waals surface area contributed by atoms with Gasteiger partial charge in [-0.2, -0.15) is 18.3 Å². The molecule has 0 bridgehead atoms. The van der Waals surface area contributed by atoms with E-state index in [9.17, 15) is 18.0 Å². The van der Waals surface area contributed by atoms with E-state index < -0.39 is 12.7 Å². The van der Waals surface area contributed by atoms with E-state index >= 15 is 0 Å². The van der Waals surface area contributed by atoms with Crippen molar-refractivity contribution in [2.45, 2.75) is 32.5 Å². The molecule has 0 saturated carbocycles. The number of rotatable bonds is 8. The fourth-order valence-electron chi connectivity index (χ4n) is 2.08. The van der Waals surface area contributed by atoms with Crippen LogP contribution < -0.4 is 4.74 Å². The molecule has 0 N–H and O–H groups in total. The Labute approximate surface area is 142 Å². The van der Waals surface area contributed by atoms with Gasteiger partial charge in [0.25, 0.3) is 0 Å². The number of hydrogen-bond acceptors (Lipinski definition) is 5. The number of alkyl halides is 3. The highest BCUT2D eigenvalue weighted by atomic mass is 19.4. The van der Waals surface area contributed by atoms with Crippen LogP contribution in [0.2, 0.25) is 0 Å². The SMILES string of the molecule is CCOC(=O)CCCOc1cc(-c2cccnc2)nn1CC(F)(F)F. The smallest absolute Gasteiger partial charge is 0.408 e. The first-order chi connectivity index (χ1) is 11.9. The Morgan fingerprint density at radius 1 is 1.36 bits per heavy atom. The van der Waals surface area contributed by atoms with Crippen LogP contribution in [0.3, 0.4) is 0 Å². The molecule has 2 aromatic heterocycles. The summed E-state index contributed by atoms with van der Waals surface area (Å²) in [5, 5.41) is 3.95. The van der Waals surface area contributed by atoms with E-state index in [1.165, 1.54) is 12.3 Å². The molecule has 0 fully saturated rings. The maximum atomic E-state index is 12.7. The average molecular weight is 357 g/mol. The maximum Gasteiger partial charge on any atom is 0.408 e. The lowest BCUT2D eigenvalue weighted by Crippen LogP contribution is -2.20. The van der Waals surface area contributed by atoms with Gasteiger partial charge >= 0.3 is 12.1 Å². The predicted octanol–water partition coefficient (Wildman–Crippen LogP) is 3.23. The molecular weight excluding hydrogens is 339 g/mol. The standard InChI is InChI=1S/C16H18F3N3O3/c1-2-24-15(23)6-4-8-25-14-9-13(12-5-3-7-20-10-12)21-22(14)11-16(17,18)19/h3,5,7,9-10H,2,4,6,8,11H2,1H3. The van der Waals surface area contributed by atoms with Crippen molar-refractivity contribution < 1.29 is 27.4 Å². The summed E-state index contributed by atoms with van der Waals surface area (Å²) in [6, 6.07) is 4.78. The van der Waals surface area contributed by atoms with Crippen molar-refractivity contribution in [3.05, 3.63) is 30.6 Å². The Bertz CT molecular complexity index is 687. The summed E-state index contributed by atoms with van der Waals surface area (Å²) in [7, 11) is 0. The zero-order valence-corrected chi connectivity index (χ0v) is 13.6.